The lowest BCUT2D eigenvalue weighted by molar-refractivity contribution is 0.538. The Morgan fingerprint density at radius 2 is 0.412 bits per heavy atom. The Kier molecular flexibility index (Phi) is 39.4. The summed E-state index contributed by atoms with van der Waals surface area (Å²) in [6, 6.07) is 0. The summed E-state index contributed by atoms with van der Waals surface area (Å²) in [7, 11) is 0. The summed E-state index contributed by atoms with van der Waals surface area (Å²) in [6.07, 6.45) is 44.9. The predicted octanol–water partition coefficient (Wildman–Crippen LogP) is 13.5. The monoisotopic (exact) mass is 479 g/mol. The third-order valence-corrected chi connectivity index (χ3v) is 7.07. The molecule has 0 aromatic heterocycles. The van der Waals surface area contributed by atoms with Crippen molar-refractivity contribution >= 4 is 0 Å². The summed E-state index contributed by atoms with van der Waals surface area (Å²) < 4.78 is 0. The van der Waals surface area contributed by atoms with E-state index in [-0.39, 0.29) is 0 Å². The van der Waals surface area contributed by atoms with Gasteiger partial charge in [0.15, 0.2) is 0 Å². The second kappa shape index (κ2) is 37.3. The lowest BCUT2D eigenvalue weighted by Crippen LogP contribution is -1.82. The highest BCUT2D eigenvalue weighted by atomic mass is 14.0. The Morgan fingerprint density at radius 3 is 0.618 bits per heavy atom. The Hall–Kier alpha value is -0.260. The molecule has 0 aliphatic heterocycles. The van der Waals surface area contributed by atoms with Crippen LogP contribution >= 0.6 is 0 Å². The first-order valence-electron chi connectivity index (χ1n) is 16.5. The number of allylic oxidation sites excluding steroid dienone is 2. The van der Waals surface area contributed by atoms with E-state index in [0.717, 1.165) is 0 Å². The van der Waals surface area contributed by atoms with Crippen LogP contribution in [0.25, 0.3) is 0 Å². The normalized spacial score (nSPS) is 11.2. The van der Waals surface area contributed by atoms with Gasteiger partial charge in [0.2, 0.25) is 0 Å². The molecule has 0 fully saturated rings. The van der Waals surface area contributed by atoms with Gasteiger partial charge in [-0.3, -0.25) is 0 Å². The van der Waals surface area contributed by atoms with Gasteiger partial charge >= 0.3 is 0 Å². The van der Waals surface area contributed by atoms with E-state index in [1.807, 2.05) is 0 Å². The fraction of sp³-hybridized carbons (Fsp3) is 0.941. The molecule has 0 aliphatic rings. The van der Waals surface area contributed by atoms with E-state index in [1.165, 1.54) is 180 Å². The molecule has 0 radical (unpaired) electrons. The molecule has 0 amide bonds. The van der Waals surface area contributed by atoms with Gasteiger partial charge in [-0.25, -0.2) is 0 Å². The van der Waals surface area contributed by atoms with E-state index in [0.29, 0.717) is 0 Å². The van der Waals surface area contributed by atoms with Gasteiger partial charge in [0, 0.05) is 0 Å². The van der Waals surface area contributed by atoms with Crippen LogP contribution in [-0.4, -0.2) is 0 Å². The van der Waals surface area contributed by atoms with Crippen LogP contribution in [0.3, 0.4) is 0 Å². The smallest absolute Gasteiger partial charge is 0.0351 e. The molecule has 0 unspecified atom stereocenters. The summed E-state index contributed by atoms with van der Waals surface area (Å²) >= 11 is 0. The van der Waals surface area contributed by atoms with Crippen molar-refractivity contribution in [1.82, 2.24) is 0 Å². The fourth-order valence-electron chi connectivity index (χ4n) is 4.59. The van der Waals surface area contributed by atoms with Crippen LogP contribution < -0.4 is 0 Å². The highest BCUT2D eigenvalue weighted by Crippen LogP contribution is 2.13. The third-order valence-electron chi connectivity index (χ3n) is 7.07. The van der Waals surface area contributed by atoms with Crippen LogP contribution in [0.2, 0.25) is 0 Å². The molecule has 0 N–H and O–H groups in total. The largest absolute Gasteiger partial charge is 0.0885 e. The van der Waals surface area contributed by atoms with Crippen molar-refractivity contribution in [3.05, 3.63) is 12.2 Å². The van der Waals surface area contributed by atoms with E-state index in [2.05, 4.69) is 39.8 Å². The Bertz CT molecular complexity index is 297. The molecular weight excluding hydrogens is 408 g/mol. The summed E-state index contributed by atoms with van der Waals surface area (Å²) in [4.78, 5) is 0. The minimum atomic E-state index is 1.31. The third kappa shape index (κ3) is 39.0. The van der Waals surface area contributed by atoms with E-state index < -0.39 is 0 Å². The van der Waals surface area contributed by atoms with Gasteiger partial charge in [0.25, 0.3) is 0 Å². The Balaban J connectivity index is 0. The summed E-state index contributed by atoms with van der Waals surface area (Å²) in [5.74, 6) is 0. The second-order valence-corrected chi connectivity index (χ2v) is 10.8. The van der Waals surface area contributed by atoms with Crippen LogP contribution in [0.1, 0.15) is 207 Å². The first-order chi connectivity index (χ1) is 16.8. The maximum atomic E-state index is 2.41. The highest BCUT2D eigenvalue weighted by Gasteiger charge is 1.93. The summed E-state index contributed by atoms with van der Waals surface area (Å²) in [5, 5.41) is 0. The van der Waals surface area contributed by atoms with Crippen molar-refractivity contribution in [2.45, 2.75) is 207 Å². The van der Waals surface area contributed by atoms with E-state index in [4.69, 9.17) is 0 Å². The molecule has 0 bridgehead atoms. The SMILES string of the molecule is CCCCCCCC/C=C\CCCCCCCC.CCCCCCCCCCCCCCCC. The maximum absolute atomic E-state index is 2.41. The van der Waals surface area contributed by atoms with Crippen LogP contribution in [0.4, 0.5) is 0 Å². The van der Waals surface area contributed by atoms with Gasteiger partial charge in [-0.05, 0) is 25.7 Å². The molecule has 0 aromatic rings. The highest BCUT2D eigenvalue weighted by molar-refractivity contribution is 4.81. The molecule has 34 heavy (non-hydrogen) atoms. The van der Waals surface area contributed by atoms with Gasteiger partial charge in [0.05, 0.1) is 0 Å². The lowest BCUT2D eigenvalue weighted by atomic mass is 10.0. The van der Waals surface area contributed by atoms with E-state index >= 15 is 0 Å². The zero-order chi connectivity index (χ0) is 25.2. The fourth-order valence-corrected chi connectivity index (χ4v) is 4.59. The van der Waals surface area contributed by atoms with Gasteiger partial charge in [-0.2, -0.15) is 0 Å². The van der Waals surface area contributed by atoms with Crippen molar-refractivity contribution in [3.63, 3.8) is 0 Å². The molecule has 0 aromatic carbocycles. The molecule has 0 heteroatoms. The molecule has 0 saturated carbocycles. The van der Waals surface area contributed by atoms with Crippen molar-refractivity contribution in [2.24, 2.45) is 0 Å². The quantitative estimate of drug-likeness (QED) is 0.0813. The molecule has 0 heterocycles. The standard InChI is InChI=1S/C18H36.C16H34/c1-3-5-7-9-11-13-15-17-18-16-14-12-10-8-6-4-2;1-3-5-7-9-11-13-15-16-14-12-10-8-6-4-2/h17-18H,3-16H2,1-2H3;3-16H2,1-2H3/b18-17-;. The minimum Gasteiger partial charge on any atom is -0.0885 e. The number of unbranched alkanes of at least 4 members (excludes halogenated alkanes) is 25. The van der Waals surface area contributed by atoms with Crippen LogP contribution in [0.15, 0.2) is 12.2 Å². The van der Waals surface area contributed by atoms with Crippen molar-refractivity contribution < 1.29 is 0 Å². The number of hydrogen-bond acceptors (Lipinski definition) is 0. The summed E-state index contributed by atoms with van der Waals surface area (Å²) in [5.41, 5.74) is 0. The zero-order valence-corrected chi connectivity index (χ0v) is 25.0. The molecule has 0 atom stereocenters. The van der Waals surface area contributed by atoms with E-state index in [1.54, 1.807) is 0 Å². The van der Waals surface area contributed by atoms with Gasteiger partial charge < -0.3 is 0 Å². The van der Waals surface area contributed by atoms with Crippen LogP contribution in [0.5, 0.6) is 0 Å². The lowest BCUT2D eigenvalue weighted by Gasteiger charge is -2.02. The predicted molar refractivity (Wildman–Crippen MR) is 161 cm³/mol. The topological polar surface area (TPSA) is 0 Å². The Morgan fingerprint density at radius 1 is 0.235 bits per heavy atom. The maximum Gasteiger partial charge on any atom is -0.0351 e. The van der Waals surface area contributed by atoms with Crippen LogP contribution in [0, 0.1) is 0 Å². The van der Waals surface area contributed by atoms with Crippen LogP contribution in [-0.2, 0) is 0 Å². The molecule has 0 saturated heterocycles. The second-order valence-electron chi connectivity index (χ2n) is 10.8. The van der Waals surface area contributed by atoms with Gasteiger partial charge in [-0.15, -0.1) is 0 Å². The first-order valence-corrected chi connectivity index (χ1v) is 16.5. The van der Waals surface area contributed by atoms with Crippen molar-refractivity contribution in [1.29, 1.82) is 0 Å². The van der Waals surface area contributed by atoms with Gasteiger partial charge in [-0.1, -0.05) is 194 Å². The first kappa shape index (κ1) is 35.9. The molecule has 0 aliphatic carbocycles. The molecule has 0 spiro atoms. The molecule has 0 nitrogen and oxygen atoms in total. The average Bonchev–Trinajstić information content (AvgIpc) is 2.85. The Labute approximate surface area is 219 Å². The van der Waals surface area contributed by atoms with Gasteiger partial charge in [0.1, 0.15) is 0 Å². The molecular formula is C34H70. The number of rotatable bonds is 27. The zero-order valence-electron chi connectivity index (χ0n) is 25.0. The minimum absolute atomic E-state index is 1.31. The van der Waals surface area contributed by atoms with Crippen molar-refractivity contribution in [3.8, 4) is 0 Å². The molecule has 0 rings (SSSR count). The van der Waals surface area contributed by atoms with E-state index in [9.17, 15) is 0 Å². The van der Waals surface area contributed by atoms with Crippen molar-refractivity contribution in [2.75, 3.05) is 0 Å². The number of hydrogen-bond donors (Lipinski definition) is 0. The summed E-state index contributed by atoms with van der Waals surface area (Å²) in [6.45, 7) is 9.15. The average molecular weight is 479 g/mol. The molecule has 206 valence electrons.